The number of hydrogen-bond donors (Lipinski definition) is 1. The van der Waals surface area contributed by atoms with Crippen LogP contribution in [0, 0.1) is 19.7 Å². The molecule has 0 unspecified atom stereocenters. The lowest BCUT2D eigenvalue weighted by molar-refractivity contribution is -0.111. The van der Waals surface area contributed by atoms with Crippen molar-refractivity contribution in [1.29, 1.82) is 0 Å². The number of furan rings is 1. The number of aryl methyl sites for hydroxylation is 2. The second-order valence-electron chi connectivity index (χ2n) is 8.35. The van der Waals surface area contributed by atoms with Crippen molar-refractivity contribution in [3.8, 4) is 22.6 Å². The molecule has 0 saturated carbocycles. The zero-order chi connectivity index (χ0) is 25.1. The van der Waals surface area contributed by atoms with Crippen molar-refractivity contribution in [2.45, 2.75) is 27.7 Å². The van der Waals surface area contributed by atoms with Gasteiger partial charge in [-0.05, 0) is 74.7 Å². The molecule has 5 nitrogen and oxygen atoms in total. The van der Waals surface area contributed by atoms with Gasteiger partial charge in [0.2, 0.25) is 5.91 Å². The van der Waals surface area contributed by atoms with Gasteiger partial charge in [0.25, 0.3) is 0 Å². The molecule has 0 aliphatic rings. The van der Waals surface area contributed by atoms with Gasteiger partial charge in [0.1, 0.15) is 22.9 Å². The van der Waals surface area contributed by atoms with Gasteiger partial charge in [-0.1, -0.05) is 18.2 Å². The second-order valence-corrected chi connectivity index (χ2v) is 8.35. The molecule has 0 atom stereocenters. The summed E-state index contributed by atoms with van der Waals surface area (Å²) >= 11 is 0. The van der Waals surface area contributed by atoms with Gasteiger partial charge in [-0.3, -0.25) is 4.79 Å². The predicted molar refractivity (Wildman–Crippen MR) is 138 cm³/mol. The molecule has 6 heteroatoms. The van der Waals surface area contributed by atoms with E-state index in [0.717, 1.165) is 39.0 Å². The molecule has 180 valence electrons. The molecule has 35 heavy (non-hydrogen) atoms. The summed E-state index contributed by atoms with van der Waals surface area (Å²) in [7, 11) is 1.63. The van der Waals surface area contributed by atoms with Gasteiger partial charge in [0.05, 0.1) is 20.0 Å². The Labute approximate surface area is 204 Å². The standard InChI is InChI=1S/C29H28FNO4/c1-6-34-28-19(4)29-24(25(16-35-29)20-8-7-9-22(13-20)33-5)15-23(28)18(3)12-27(32)31-21-11-10-17(2)26(30)14-21/h7-16H,6H2,1-5H3,(H,31,32)/b18-12+. The van der Waals surface area contributed by atoms with Crippen LogP contribution in [0.4, 0.5) is 10.1 Å². The number of ether oxygens (including phenoxy) is 2. The van der Waals surface area contributed by atoms with Crippen LogP contribution in [0.25, 0.3) is 27.7 Å². The lowest BCUT2D eigenvalue weighted by Gasteiger charge is -2.15. The van der Waals surface area contributed by atoms with Gasteiger partial charge in [-0.15, -0.1) is 0 Å². The van der Waals surface area contributed by atoms with Crippen LogP contribution in [0.15, 0.2) is 65.3 Å². The lowest BCUT2D eigenvalue weighted by Crippen LogP contribution is -2.09. The van der Waals surface area contributed by atoms with E-state index in [1.165, 1.54) is 12.1 Å². The van der Waals surface area contributed by atoms with Crippen molar-refractivity contribution in [3.63, 3.8) is 0 Å². The molecule has 3 aromatic carbocycles. The van der Waals surface area contributed by atoms with Crippen molar-refractivity contribution in [3.05, 3.63) is 83.4 Å². The van der Waals surface area contributed by atoms with E-state index in [9.17, 15) is 9.18 Å². The highest BCUT2D eigenvalue weighted by molar-refractivity contribution is 6.06. The summed E-state index contributed by atoms with van der Waals surface area (Å²) in [6.07, 6.45) is 3.22. The van der Waals surface area contributed by atoms with Gasteiger partial charge in [0.15, 0.2) is 0 Å². The fraction of sp³-hybridized carbons (Fsp3) is 0.207. The molecular formula is C29H28FNO4. The minimum atomic E-state index is -0.367. The number of methoxy groups -OCH3 is 1. The Morgan fingerprint density at radius 2 is 1.94 bits per heavy atom. The fourth-order valence-corrected chi connectivity index (χ4v) is 4.08. The van der Waals surface area contributed by atoms with Gasteiger partial charge in [0, 0.05) is 33.8 Å². The van der Waals surface area contributed by atoms with Crippen LogP contribution in [0.2, 0.25) is 0 Å². The normalized spacial score (nSPS) is 11.5. The van der Waals surface area contributed by atoms with E-state index in [1.54, 1.807) is 32.4 Å². The molecule has 1 heterocycles. The third-order valence-corrected chi connectivity index (χ3v) is 5.93. The lowest BCUT2D eigenvalue weighted by atomic mass is 9.96. The number of allylic oxidation sites excluding steroid dienone is 1. The minimum absolute atomic E-state index is 0.355. The van der Waals surface area contributed by atoms with Crippen molar-refractivity contribution in [1.82, 2.24) is 0 Å². The zero-order valence-electron chi connectivity index (χ0n) is 20.5. The average Bonchev–Trinajstić information content (AvgIpc) is 3.27. The van der Waals surface area contributed by atoms with Crippen molar-refractivity contribution in [2.75, 3.05) is 19.0 Å². The van der Waals surface area contributed by atoms with Crippen LogP contribution in [-0.2, 0) is 4.79 Å². The third kappa shape index (κ3) is 4.92. The van der Waals surface area contributed by atoms with E-state index < -0.39 is 0 Å². The number of fused-ring (bicyclic) bond motifs is 1. The van der Waals surface area contributed by atoms with Crippen molar-refractivity contribution >= 4 is 28.1 Å². The Morgan fingerprint density at radius 1 is 1.14 bits per heavy atom. The Balaban J connectivity index is 1.77. The first-order valence-electron chi connectivity index (χ1n) is 11.4. The average molecular weight is 474 g/mol. The Morgan fingerprint density at radius 3 is 2.66 bits per heavy atom. The number of halogens is 1. The quantitative estimate of drug-likeness (QED) is 0.286. The highest BCUT2D eigenvalue weighted by Crippen LogP contribution is 2.41. The van der Waals surface area contributed by atoms with Gasteiger partial charge in [-0.2, -0.15) is 0 Å². The summed E-state index contributed by atoms with van der Waals surface area (Å²) in [6.45, 7) is 7.84. The maximum Gasteiger partial charge on any atom is 0.248 e. The number of nitrogens with one attached hydrogen (secondary N) is 1. The van der Waals surface area contributed by atoms with Crippen LogP contribution in [0.5, 0.6) is 11.5 Å². The molecule has 1 N–H and O–H groups in total. The summed E-state index contributed by atoms with van der Waals surface area (Å²) in [5.74, 6) is 0.689. The molecule has 4 aromatic rings. The molecule has 1 amide bonds. The van der Waals surface area contributed by atoms with Crippen LogP contribution >= 0.6 is 0 Å². The first-order chi connectivity index (χ1) is 16.8. The van der Waals surface area contributed by atoms with Gasteiger partial charge < -0.3 is 19.2 Å². The van der Waals surface area contributed by atoms with E-state index in [4.69, 9.17) is 13.9 Å². The van der Waals surface area contributed by atoms with Crippen molar-refractivity contribution < 1.29 is 23.1 Å². The van der Waals surface area contributed by atoms with E-state index >= 15 is 0 Å². The second kappa shape index (κ2) is 10.1. The first kappa shape index (κ1) is 24.1. The summed E-state index contributed by atoms with van der Waals surface area (Å²) in [5.41, 5.74) is 5.86. The smallest absolute Gasteiger partial charge is 0.248 e. The maximum absolute atomic E-state index is 13.9. The Hall–Kier alpha value is -4.06. The number of carbonyl (C=O) groups excluding carboxylic acids is 1. The molecule has 4 rings (SSSR count). The molecule has 0 saturated heterocycles. The van der Waals surface area contributed by atoms with E-state index in [1.807, 2.05) is 51.1 Å². The summed E-state index contributed by atoms with van der Waals surface area (Å²) < 4.78 is 31.2. The predicted octanol–water partition coefficient (Wildman–Crippen LogP) is 7.31. The largest absolute Gasteiger partial charge is 0.497 e. The number of carbonyl (C=O) groups is 1. The third-order valence-electron chi connectivity index (χ3n) is 5.93. The maximum atomic E-state index is 13.9. The number of hydrogen-bond acceptors (Lipinski definition) is 4. The van der Waals surface area contributed by atoms with E-state index in [2.05, 4.69) is 5.32 Å². The molecule has 0 radical (unpaired) electrons. The monoisotopic (exact) mass is 473 g/mol. The zero-order valence-corrected chi connectivity index (χ0v) is 20.5. The van der Waals surface area contributed by atoms with E-state index in [0.29, 0.717) is 29.2 Å². The SMILES string of the molecule is CCOc1c(/C(C)=C/C(=O)Nc2ccc(C)c(F)c2)cc2c(-c3cccc(OC)c3)coc2c1C. The van der Waals surface area contributed by atoms with Crippen LogP contribution in [-0.4, -0.2) is 19.6 Å². The molecule has 1 aromatic heterocycles. The molecule has 0 fully saturated rings. The Kier molecular flexibility index (Phi) is 6.92. The fourth-order valence-electron chi connectivity index (χ4n) is 4.08. The summed E-state index contributed by atoms with van der Waals surface area (Å²) in [5, 5.41) is 3.64. The Bertz CT molecular complexity index is 1430. The summed E-state index contributed by atoms with van der Waals surface area (Å²) in [4.78, 5) is 12.7. The number of benzene rings is 3. The number of rotatable bonds is 7. The van der Waals surface area contributed by atoms with Gasteiger partial charge in [-0.25, -0.2) is 4.39 Å². The highest BCUT2D eigenvalue weighted by Gasteiger charge is 2.19. The van der Waals surface area contributed by atoms with Gasteiger partial charge >= 0.3 is 0 Å². The minimum Gasteiger partial charge on any atom is -0.497 e. The van der Waals surface area contributed by atoms with Crippen LogP contribution in [0.3, 0.4) is 0 Å². The molecule has 0 aliphatic heterocycles. The number of anilines is 1. The molecule has 0 spiro atoms. The van der Waals surface area contributed by atoms with Crippen molar-refractivity contribution in [2.24, 2.45) is 0 Å². The highest BCUT2D eigenvalue weighted by atomic mass is 19.1. The molecule has 0 aliphatic carbocycles. The first-order valence-corrected chi connectivity index (χ1v) is 11.4. The molecule has 0 bridgehead atoms. The molecular weight excluding hydrogens is 445 g/mol. The van der Waals surface area contributed by atoms with E-state index in [-0.39, 0.29) is 11.7 Å². The van der Waals surface area contributed by atoms with Crippen LogP contribution in [0.1, 0.15) is 30.5 Å². The summed E-state index contributed by atoms with van der Waals surface area (Å²) in [6, 6.07) is 14.4. The number of amides is 1. The van der Waals surface area contributed by atoms with Crippen LogP contribution < -0.4 is 14.8 Å². The topological polar surface area (TPSA) is 60.7 Å².